The van der Waals surface area contributed by atoms with Gasteiger partial charge in [0.05, 0.1) is 11.9 Å². The number of benzene rings is 3. The van der Waals surface area contributed by atoms with Crippen LogP contribution >= 0.6 is 27.5 Å². The second-order valence-corrected chi connectivity index (χ2v) is 12.7. The van der Waals surface area contributed by atoms with Crippen LogP contribution in [0.4, 0.5) is 5.69 Å². The normalized spacial score (nSPS) is 12.8. The van der Waals surface area contributed by atoms with Crippen molar-refractivity contribution in [3.8, 4) is 0 Å². The van der Waals surface area contributed by atoms with Gasteiger partial charge in [-0.15, -0.1) is 0 Å². The first-order valence-corrected chi connectivity index (χ1v) is 15.6. The standard InChI is InChI=1S/C29H33BrClN3O4S/c1-4-21(2)32-29(36)27(18-22-9-6-5-7-10-22)33(19-23-11-8-12-24(30)17-23)28(35)20-34(39(3,37)38)26-15-13-25(31)14-16-26/h5-17,21,27H,4,18-20H2,1-3H3,(H,32,36). The summed E-state index contributed by atoms with van der Waals surface area (Å²) < 4.78 is 27.4. The topological polar surface area (TPSA) is 86.8 Å². The first-order chi connectivity index (χ1) is 18.5. The number of anilines is 1. The zero-order valence-corrected chi connectivity index (χ0v) is 25.3. The first-order valence-electron chi connectivity index (χ1n) is 12.6. The molecule has 2 atom stereocenters. The molecule has 0 aliphatic heterocycles. The van der Waals surface area contributed by atoms with Crippen molar-refractivity contribution in [3.63, 3.8) is 0 Å². The Labute approximate surface area is 244 Å². The third-order valence-corrected chi connectivity index (χ3v) is 8.19. The van der Waals surface area contributed by atoms with E-state index in [4.69, 9.17) is 11.6 Å². The maximum atomic E-state index is 14.0. The molecule has 2 amide bonds. The lowest BCUT2D eigenvalue weighted by Crippen LogP contribution is -2.54. The summed E-state index contributed by atoms with van der Waals surface area (Å²) in [7, 11) is -3.83. The Balaban J connectivity index is 2.05. The van der Waals surface area contributed by atoms with E-state index in [1.807, 2.05) is 68.4 Å². The minimum atomic E-state index is -3.83. The summed E-state index contributed by atoms with van der Waals surface area (Å²) in [5.41, 5.74) is 1.98. The van der Waals surface area contributed by atoms with Crippen LogP contribution in [0.3, 0.4) is 0 Å². The largest absolute Gasteiger partial charge is 0.352 e. The maximum Gasteiger partial charge on any atom is 0.244 e. The van der Waals surface area contributed by atoms with Crippen molar-refractivity contribution < 1.29 is 18.0 Å². The monoisotopic (exact) mass is 633 g/mol. The fourth-order valence-electron chi connectivity index (χ4n) is 4.05. The Hall–Kier alpha value is -2.88. The van der Waals surface area contributed by atoms with Crippen molar-refractivity contribution in [2.24, 2.45) is 0 Å². The van der Waals surface area contributed by atoms with Crippen LogP contribution in [0.25, 0.3) is 0 Å². The highest BCUT2D eigenvalue weighted by Gasteiger charge is 2.33. The van der Waals surface area contributed by atoms with E-state index in [2.05, 4.69) is 21.2 Å². The van der Waals surface area contributed by atoms with Gasteiger partial charge in [-0.25, -0.2) is 8.42 Å². The number of amides is 2. The number of carbonyl (C=O) groups excluding carboxylic acids is 2. The predicted molar refractivity (Wildman–Crippen MR) is 160 cm³/mol. The Morgan fingerprint density at radius 3 is 2.21 bits per heavy atom. The molecule has 2 unspecified atom stereocenters. The molecule has 0 aliphatic rings. The lowest BCUT2D eigenvalue weighted by Gasteiger charge is -2.34. The number of sulfonamides is 1. The fraction of sp³-hybridized carbons (Fsp3) is 0.310. The van der Waals surface area contributed by atoms with Crippen molar-refractivity contribution in [1.82, 2.24) is 10.2 Å². The zero-order chi connectivity index (χ0) is 28.6. The van der Waals surface area contributed by atoms with Gasteiger partial charge < -0.3 is 10.2 Å². The van der Waals surface area contributed by atoms with Gasteiger partial charge >= 0.3 is 0 Å². The molecular formula is C29H33BrClN3O4S. The lowest BCUT2D eigenvalue weighted by atomic mass is 10.0. The predicted octanol–water partition coefficient (Wildman–Crippen LogP) is 5.42. The summed E-state index contributed by atoms with van der Waals surface area (Å²) in [5, 5.41) is 3.46. The second kappa shape index (κ2) is 14.0. The van der Waals surface area contributed by atoms with Crippen molar-refractivity contribution in [3.05, 3.63) is 99.5 Å². The Morgan fingerprint density at radius 1 is 0.974 bits per heavy atom. The average molecular weight is 635 g/mol. The summed E-state index contributed by atoms with van der Waals surface area (Å²) >= 11 is 9.48. The zero-order valence-electron chi connectivity index (χ0n) is 22.2. The SMILES string of the molecule is CCC(C)NC(=O)C(Cc1ccccc1)N(Cc1cccc(Br)c1)C(=O)CN(c1ccc(Cl)cc1)S(C)(=O)=O. The average Bonchev–Trinajstić information content (AvgIpc) is 2.89. The molecule has 0 aliphatic carbocycles. The van der Waals surface area contributed by atoms with E-state index in [1.165, 1.54) is 4.90 Å². The van der Waals surface area contributed by atoms with Gasteiger partial charge in [-0.1, -0.05) is 76.9 Å². The first kappa shape index (κ1) is 30.7. The van der Waals surface area contributed by atoms with Crippen LogP contribution in [0, 0.1) is 0 Å². The molecule has 0 fully saturated rings. The van der Waals surface area contributed by atoms with Crippen molar-refractivity contribution >= 4 is 55.1 Å². The molecule has 1 N–H and O–H groups in total. The van der Waals surface area contributed by atoms with E-state index in [0.717, 1.165) is 32.6 Å². The van der Waals surface area contributed by atoms with E-state index < -0.39 is 28.5 Å². The van der Waals surface area contributed by atoms with Crippen molar-refractivity contribution in [1.29, 1.82) is 0 Å². The third kappa shape index (κ3) is 9.08. The second-order valence-electron chi connectivity index (χ2n) is 9.42. The number of hydrogen-bond acceptors (Lipinski definition) is 4. The molecule has 39 heavy (non-hydrogen) atoms. The number of hydrogen-bond donors (Lipinski definition) is 1. The lowest BCUT2D eigenvalue weighted by molar-refractivity contribution is -0.140. The van der Waals surface area contributed by atoms with E-state index in [1.54, 1.807) is 24.3 Å². The van der Waals surface area contributed by atoms with Gasteiger partial charge in [0, 0.05) is 28.5 Å². The number of halogens is 2. The van der Waals surface area contributed by atoms with Crippen LogP contribution in [0.1, 0.15) is 31.4 Å². The Kier molecular flexibility index (Phi) is 11.0. The molecule has 0 heterocycles. The van der Waals surface area contributed by atoms with E-state index in [0.29, 0.717) is 10.7 Å². The maximum absolute atomic E-state index is 14.0. The highest BCUT2D eigenvalue weighted by molar-refractivity contribution is 9.10. The van der Waals surface area contributed by atoms with Crippen LogP contribution < -0.4 is 9.62 Å². The van der Waals surface area contributed by atoms with Gasteiger partial charge in [-0.2, -0.15) is 0 Å². The van der Waals surface area contributed by atoms with Gasteiger partial charge in [0.15, 0.2) is 0 Å². The molecule has 10 heteroatoms. The fourth-order valence-corrected chi connectivity index (χ4v) is 5.47. The molecule has 3 rings (SSSR count). The molecule has 0 bridgehead atoms. The molecule has 0 spiro atoms. The Morgan fingerprint density at radius 2 is 1.62 bits per heavy atom. The molecule has 0 radical (unpaired) electrons. The summed E-state index contributed by atoms with van der Waals surface area (Å²) in [6.07, 6.45) is 2.04. The minimum Gasteiger partial charge on any atom is -0.352 e. The van der Waals surface area contributed by atoms with Crippen LogP contribution in [-0.2, 0) is 32.6 Å². The van der Waals surface area contributed by atoms with Crippen LogP contribution in [0.2, 0.25) is 5.02 Å². The summed E-state index contributed by atoms with van der Waals surface area (Å²) in [5.74, 6) is -0.801. The number of nitrogens with one attached hydrogen (secondary N) is 1. The molecule has 0 aromatic heterocycles. The highest BCUT2D eigenvalue weighted by atomic mass is 79.9. The van der Waals surface area contributed by atoms with Crippen LogP contribution in [0.15, 0.2) is 83.3 Å². The molecule has 3 aromatic rings. The van der Waals surface area contributed by atoms with Gasteiger partial charge in [0.25, 0.3) is 0 Å². The van der Waals surface area contributed by atoms with Crippen molar-refractivity contribution in [2.75, 3.05) is 17.1 Å². The molecule has 0 saturated heterocycles. The van der Waals surface area contributed by atoms with Crippen LogP contribution in [-0.4, -0.2) is 50.0 Å². The Bertz CT molecular complexity index is 1370. The van der Waals surface area contributed by atoms with Gasteiger partial charge in [0.1, 0.15) is 12.6 Å². The summed E-state index contributed by atoms with van der Waals surface area (Å²) in [4.78, 5) is 29.1. The third-order valence-electron chi connectivity index (χ3n) is 6.31. The van der Waals surface area contributed by atoms with E-state index in [-0.39, 0.29) is 24.9 Å². The van der Waals surface area contributed by atoms with Crippen LogP contribution in [0.5, 0.6) is 0 Å². The van der Waals surface area contributed by atoms with Gasteiger partial charge in [-0.05, 0) is 60.9 Å². The number of rotatable bonds is 12. The minimum absolute atomic E-state index is 0.0971. The van der Waals surface area contributed by atoms with Crippen molar-refractivity contribution in [2.45, 2.75) is 45.3 Å². The highest BCUT2D eigenvalue weighted by Crippen LogP contribution is 2.23. The van der Waals surface area contributed by atoms with E-state index in [9.17, 15) is 18.0 Å². The molecule has 0 saturated carbocycles. The summed E-state index contributed by atoms with van der Waals surface area (Å²) in [6.45, 7) is 3.51. The summed E-state index contributed by atoms with van der Waals surface area (Å²) in [6, 6.07) is 22.2. The van der Waals surface area contributed by atoms with Gasteiger partial charge in [-0.3, -0.25) is 13.9 Å². The molecule has 7 nitrogen and oxygen atoms in total. The number of carbonyl (C=O) groups is 2. The van der Waals surface area contributed by atoms with E-state index >= 15 is 0 Å². The number of nitrogens with zero attached hydrogens (tertiary/aromatic N) is 2. The van der Waals surface area contributed by atoms with Gasteiger partial charge in [0.2, 0.25) is 21.8 Å². The molecule has 3 aromatic carbocycles. The molecular weight excluding hydrogens is 602 g/mol. The quantitative estimate of drug-likeness (QED) is 0.288. The molecule has 208 valence electrons. The smallest absolute Gasteiger partial charge is 0.244 e.